The third-order valence-electron chi connectivity index (χ3n) is 8.98. The topological polar surface area (TPSA) is 114 Å². The van der Waals surface area contributed by atoms with E-state index in [1.54, 1.807) is 0 Å². The normalized spacial score (nSPS) is 21.1. The molecular formula is C33H34F4N6O3. The van der Waals surface area contributed by atoms with Gasteiger partial charge in [-0.25, -0.2) is 9.38 Å². The van der Waals surface area contributed by atoms with Gasteiger partial charge in [0, 0.05) is 31.5 Å². The lowest BCUT2D eigenvalue weighted by Gasteiger charge is -2.38. The number of halogens is 4. The number of alkyl halides is 3. The van der Waals surface area contributed by atoms with Crippen molar-refractivity contribution in [2.45, 2.75) is 64.0 Å². The van der Waals surface area contributed by atoms with Gasteiger partial charge in [-0.3, -0.25) is 24.5 Å². The van der Waals surface area contributed by atoms with Gasteiger partial charge in [0.15, 0.2) is 11.5 Å². The third kappa shape index (κ3) is 5.61. The fraction of sp³-hybridized carbons (Fsp3) is 0.424. The van der Waals surface area contributed by atoms with Crippen LogP contribution in [0.15, 0.2) is 59.9 Å². The van der Waals surface area contributed by atoms with Gasteiger partial charge in [-0.05, 0) is 60.6 Å². The molecule has 0 spiro atoms. The first-order valence-corrected chi connectivity index (χ1v) is 15.2. The summed E-state index contributed by atoms with van der Waals surface area (Å²) in [5, 5.41) is 0. The fourth-order valence-corrected chi connectivity index (χ4v) is 6.80. The number of carbonyl (C=O) groups is 2. The smallest absolute Gasteiger partial charge is 0.381 e. The first-order valence-electron chi connectivity index (χ1n) is 15.2. The Bertz CT molecular complexity index is 1650. The molecular weight excluding hydrogens is 604 g/mol. The summed E-state index contributed by atoms with van der Waals surface area (Å²) in [7, 11) is 0. The molecule has 2 aromatic carbocycles. The van der Waals surface area contributed by atoms with E-state index in [1.807, 2.05) is 13.8 Å². The summed E-state index contributed by atoms with van der Waals surface area (Å²) < 4.78 is 62.5. The molecule has 6 rings (SSSR count). The number of rotatable bonds is 7. The highest BCUT2D eigenvalue weighted by molar-refractivity contribution is 6.08. The largest absolute Gasteiger partial charge is 0.417 e. The Kier molecular flexibility index (Phi) is 8.30. The minimum absolute atomic E-state index is 0.0223. The van der Waals surface area contributed by atoms with Crippen LogP contribution in [0.3, 0.4) is 0 Å². The first kappa shape index (κ1) is 31.6. The van der Waals surface area contributed by atoms with Crippen molar-refractivity contribution in [2.75, 3.05) is 13.2 Å². The van der Waals surface area contributed by atoms with Crippen LogP contribution in [0.2, 0.25) is 0 Å². The van der Waals surface area contributed by atoms with Gasteiger partial charge in [0.25, 0.3) is 11.8 Å². The van der Waals surface area contributed by atoms with E-state index in [2.05, 4.69) is 9.97 Å². The Morgan fingerprint density at radius 3 is 2.26 bits per heavy atom. The van der Waals surface area contributed by atoms with Gasteiger partial charge < -0.3 is 15.4 Å². The van der Waals surface area contributed by atoms with Gasteiger partial charge in [0.05, 0.1) is 41.6 Å². The van der Waals surface area contributed by atoms with E-state index in [1.165, 1.54) is 58.6 Å². The van der Waals surface area contributed by atoms with Crippen molar-refractivity contribution in [3.63, 3.8) is 0 Å². The number of hydrogen-bond donors (Lipinski definition) is 1. The molecule has 46 heavy (non-hydrogen) atoms. The third-order valence-corrected chi connectivity index (χ3v) is 8.98. The molecule has 1 fully saturated rings. The van der Waals surface area contributed by atoms with Gasteiger partial charge in [0.2, 0.25) is 0 Å². The molecule has 242 valence electrons. The Balaban J connectivity index is 1.43. The van der Waals surface area contributed by atoms with Crippen LogP contribution in [0, 0.1) is 17.7 Å². The number of benzene rings is 2. The quantitative estimate of drug-likeness (QED) is 0.349. The molecule has 13 heteroatoms. The summed E-state index contributed by atoms with van der Waals surface area (Å²) in [6.07, 6.45) is -0.554. The van der Waals surface area contributed by atoms with Gasteiger partial charge in [0.1, 0.15) is 5.82 Å². The summed E-state index contributed by atoms with van der Waals surface area (Å²) in [6, 6.07) is 8.12. The molecule has 9 nitrogen and oxygen atoms in total. The second kappa shape index (κ2) is 12.1. The van der Waals surface area contributed by atoms with Crippen LogP contribution in [-0.2, 0) is 34.3 Å². The number of nitrogens with zero attached hydrogens (tertiary/aromatic N) is 5. The highest BCUT2D eigenvalue weighted by Gasteiger charge is 2.56. The molecule has 0 bridgehead atoms. The van der Waals surface area contributed by atoms with Gasteiger partial charge in [-0.1, -0.05) is 32.0 Å². The Morgan fingerprint density at radius 1 is 1.04 bits per heavy atom. The molecule has 3 aliphatic heterocycles. The zero-order valence-corrected chi connectivity index (χ0v) is 25.4. The Hall–Kier alpha value is -4.39. The van der Waals surface area contributed by atoms with E-state index in [4.69, 9.17) is 15.5 Å². The van der Waals surface area contributed by atoms with E-state index >= 15 is 0 Å². The molecule has 2 atom stereocenters. The van der Waals surface area contributed by atoms with Crippen molar-refractivity contribution in [2.24, 2.45) is 22.6 Å². The highest BCUT2D eigenvalue weighted by Crippen LogP contribution is 2.47. The monoisotopic (exact) mass is 638 g/mol. The van der Waals surface area contributed by atoms with Gasteiger partial charge >= 0.3 is 6.18 Å². The molecule has 4 heterocycles. The SMILES string of the molecule is CC(C)CC(c1ccc(C(F)(F)F)c(C(=O)N2Cc3nccnc3C2)c1)N1C(=O)[C@](c2ccc(F)cc2)(C2CCOCC2)N=C1N. The van der Waals surface area contributed by atoms with Crippen LogP contribution in [0.1, 0.15) is 77.6 Å². The maximum atomic E-state index is 14.7. The number of nitrogens with two attached hydrogens (primary N) is 1. The lowest BCUT2D eigenvalue weighted by Crippen LogP contribution is -2.49. The molecule has 1 unspecified atom stereocenters. The van der Waals surface area contributed by atoms with Crippen LogP contribution in [0.25, 0.3) is 0 Å². The summed E-state index contributed by atoms with van der Waals surface area (Å²) in [5.74, 6) is -2.18. The number of hydrogen-bond acceptors (Lipinski definition) is 7. The molecule has 0 radical (unpaired) electrons. The average Bonchev–Trinajstić information content (AvgIpc) is 3.58. The first-order chi connectivity index (χ1) is 21.9. The number of aliphatic imine (C=N–C) groups is 1. The number of ether oxygens (including phenoxy) is 1. The molecule has 3 aliphatic rings. The predicted molar refractivity (Wildman–Crippen MR) is 159 cm³/mol. The minimum Gasteiger partial charge on any atom is -0.381 e. The standard InChI is InChI=1S/C33H34F4N6O3/c1-19(2)15-28(43-30(45)32(41-31(43)38,22-9-13-46-14-10-22)21-4-6-23(34)7-5-21)20-3-8-25(33(35,36)37)24(16-20)29(44)42-17-26-27(18-42)40-12-11-39-26/h3-8,11-12,16,19,22,28H,9-10,13-15,17-18H2,1-2H3,(H2,38,41)/t28?,32-/m0/s1. The van der Waals surface area contributed by atoms with Crippen molar-refractivity contribution in [3.05, 3.63) is 94.3 Å². The number of guanidine groups is 1. The zero-order chi connectivity index (χ0) is 32.8. The van der Waals surface area contributed by atoms with Crippen molar-refractivity contribution in [1.29, 1.82) is 0 Å². The average molecular weight is 639 g/mol. The predicted octanol–water partition coefficient (Wildman–Crippen LogP) is 5.36. The van der Waals surface area contributed by atoms with E-state index < -0.39 is 46.5 Å². The Labute approximate surface area is 263 Å². The summed E-state index contributed by atoms with van der Waals surface area (Å²) in [6.45, 7) is 4.69. The summed E-state index contributed by atoms with van der Waals surface area (Å²) in [4.78, 5) is 44.3. The second-order valence-electron chi connectivity index (χ2n) is 12.4. The second-order valence-corrected chi connectivity index (χ2v) is 12.4. The number of amides is 2. The molecule has 1 aromatic heterocycles. The number of carbonyl (C=O) groups excluding carboxylic acids is 2. The maximum Gasteiger partial charge on any atom is 0.417 e. The Morgan fingerprint density at radius 2 is 1.67 bits per heavy atom. The molecule has 3 aromatic rings. The lowest BCUT2D eigenvalue weighted by molar-refractivity contribution is -0.138. The lowest BCUT2D eigenvalue weighted by atomic mass is 9.74. The van der Waals surface area contributed by atoms with Crippen LogP contribution >= 0.6 is 0 Å². The van der Waals surface area contributed by atoms with Crippen LogP contribution in [0.5, 0.6) is 0 Å². The number of aromatic nitrogens is 2. The summed E-state index contributed by atoms with van der Waals surface area (Å²) >= 11 is 0. The zero-order valence-electron chi connectivity index (χ0n) is 25.4. The van der Waals surface area contributed by atoms with Gasteiger partial charge in [-0.15, -0.1) is 0 Å². The minimum atomic E-state index is -4.81. The van der Waals surface area contributed by atoms with E-state index in [0.717, 1.165) is 6.07 Å². The summed E-state index contributed by atoms with van der Waals surface area (Å²) in [5.41, 5.74) is 5.29. The van der Waals surface area contributed by atoms with Gasteiger partial charge in [-0.2, -0.15) is 13.2 Å². The van der Waals surface area contributed by atoms with Crippen molar-refractivity contribution < 1.29 is 31.9 Å². The van der Waals surface area contributed by atoms with E-state index in [-0.39, 0.29) is 30.9 Å². The van der Waals surface area contributed by atoms with Crippen molar-refractivity contribution in [1.82, 2.24) is 19.8 Å². The molecule has 2 amide bonds. The van der Waals surface area contributed by atoms with E-state index in [9.17, 15) is 27.2 Å². The molecule has 2 N–H and O–H groups in total. The highest BCUT2D eigenvalue weighted by atomic mass is 19.4. The van der Waals surface area contributed by atoms with Crippen molar-refractivity contribution >= 4 is 17.8 Å². The molecule has 0 aliphatic carbocycles. The van der Waals surface area contributed by atoms with Crippen molar-refractivity contribution in [3.8, 4) is 0 Å². The van der Waals surface area contributed by atoms with Crippen LogP contribution in [0.4, 0.5) is 17.6 Å². The number of fused-ring (bicyclic) bond motifs is 1. The van der Waals surface area contributed by atoms with E-state index in [0.29, 0.717) is 55.0 Å². The maximum absolute atomic E-state index is 14.7. The molecule has 0 saturated carbocycles. The fourth-order valence-electron chi connectivity index (χ4n) is 6.80. The van der Waals surface area contributed by atoms with Crippen LogP contribution in [-0.4, -0.2) is 50.8 Å². The molecule has 1 saturated heterocycles. The van der Waals surface area contributed by atoms with Crippen LogP contribution < -0.4 is 5.73 Å².